The topological polar surface area (TPSA) is 63.4 Å². The lowest BCUT2D eigenvalue weighted by Gasteiger charge is -2.37. The Morgan fingerprint density at radius 2 is 1.69 bits per heavy atom. The van der Waals surface area contributed by atoms with Crippen molar-refractivity contribution in [2.45, 2.75) is 33.7 Å². The smallest absolute Gasteiger partial charge is 0.258 e. The third-order valence-electron chi connectivity index (χ3n) is 6.20. The average molecular weight is 497 g/mol. The van der Waals surface area contributed by atoms with Crippen molar-refractivity contribution in [2.75, 3.05) is 11.5 Å². The van der Waals surface area contributed by atoms with E-state index in [0.29, 0.717) is 23.4 Å². The molecule has 0 aliphatic carbocycles. The maximum atomic E-state index is 5.87. The third-order valence-corrected chi connectivity index (χ3v) is 6.50. The van der Waals surface area contributed by atoms with E-state index in [1.54, 1.807) is 0 Å². The number of hydrogen-bond donors (Lipinski definition) is 1. The van der Waals surface area contributed by atoms with Crippen molar-refractivity contribution < 1.29 is 9.26 Å². The Labute approximate surface area is 216 Å². The monoisotopic (exact) mass is 496 g/mol. The molecule has 182 valence electrons. The van der Waals surface area contributed by atoms with Crippen molar-refractivity contribution in [3.63, 3.8) is 0 Å². The van der Waals surface area contributed by atoms with Crippen LogP contribution in [0.4, 0.5) is 5.69 Å². The Hall–Kier alpha value is -3.97. The number of nitrogens with zero attached hydrogens (tertiary/aromatic N) is 3. The molecule has 1 aliphatic rings. The van der Waals surface area contributed by atoms with E-state index in [9.17, 15) is 0 Å². The van der Waals surface area contributed by atoms with Crippen molar-refractivity contribution in [1.29, 1.82) is 0 Å². The van der Waals surface area contributed by atoms with Gasteiger partial charge in [-0.25, -0.2) is 0 Å². The molecule has 0 saturated heterocycles. The summed E-state index contributed by atoms with van der Waals surface area (Å²) in [6.45, 7) is 8.75. The molecule has 4 aromatic rings. The zero-order chi connectivity index (χ0) is 25.2. The van der Waals surface area contributed by atoms with Gasteiger partial charge in [-0.1, -0.05) is 53.2 Å². The minimum absolute atomic E-state index is 0.264. The zero-order valence-electron chi connectivity index (χ0n) is 20.8. The first-order valence-corrected chi connectivity index (χ1v) is 12.4. The normalized spacial score (nSPS) is 15.7. The Balaban J connectivity index is 1.63. The van der Waals surface area contributed by atoms with E-state index in [4.69, 9.17) is 26.5 Å². The zero-order valence-corrected chi connectivity index (χ0v) is 21.6. The van der Waals surface area contributed by atoms with E-state index in [0.717, 1.165) is 45.0 Å². The molecule has 5 rings (SSSR count). The van der Waals surface area contributed by atoms with Crippen LogP contribution in [0.15, 0.2) is 83.0 Å². The average Bonchev–Trinajstić information content (AvgIpc) is 3.34. The number of nitrogens with one attached hydrogen (secondary N) is 1. The van der Waals surface area contributed by atoms with Gasteiger partial charge in [0, 0.05) is 16.9 Å². The molecule has 1 N–H and O–H groups in total. The first kappa shape index (κ1) is 23.8. The van der Waals surface area contributed by atoms with Gasteiger partial charge in [-0.2, -0.15) is 4.98 Å². The molecule has 6 nitrogen and oxygen atoms in total. The van der Waals surface area contributed by atoms with Gasteiger partial charge in [0.1, 0.15) is 5.75 Å². The Bertz CT molecular complexity index is 1440. The van der Waals surface area contributed by atoms with E-state index < -0.39 is 0 Å². The van der Waals surface area contributed by atoms with Crippen molar-refractivity contribution in [3.8, 4) is 17.1 Å². The van der Waals surface area contributed by atoms with Crippen molar-refractivity contribution in [3.05, 3.63) is 101 Å². The summed E-state index contributed by atoms with van der Waals surface area (Å²) in [6, 6.07) is 24.1. The fourth-order valence-corrected chi connectivity index (χ4v) is 4.87. The van der Waals surface area contributed by atoms with Crippen molar-refractivity contribution in [1.82, 2.24) is 15.5 Å². The molecule has 0 bridgehead atoms. The molecule has 3 aromatic carbocycles. The van der Waals surface area contributed by atoms with Crippen LogP contribution in [0.25, 0.3) is 17.0 Å². The van der Waals surface area contributed by atoms with Gasteiger partial charge in [-0.15, -0.1) is 0 Å². The summed E-state index contributed by atoms with van der Waals surface area (Å²) in [4.78, 5) is 6.85. The second-order valence-corrected chi connectivity index (χ2v) is 9.24. The quantitative estimate of drug-likeness (QED) is 0.301. The molecule has 2 heterocycles. The molecule has 0 spiro atoms. The summed E-state index contributed by atoms with van der Waals surface area (Å²) in [5.74, 6) is 1.83. The van der Waals surface area contributed by atoms with E-state index in [1.165, 1.54) is 0 Å². The van der Waals surface area contributed by atoms with Gasteiger partial charge in [0.2, 0.25) is 5.82 Å². The number of ether oxygens (including phenoxy) is 1. The maximum Gasteiger partial charge on any atom is 0.258 e. The molecule has 0 fully saturated rings. The van der Waals surface area contributed by atoms with Gasteiger partial charge >= 0.3 is 0 Å². The van der Waals surface area contributed by atoms with Gasteiger partial charge in [-0.05, 0) is 81.4 Å². The first-order chi connectivity index (χ1) is 17.4. The van der Waals surface area contributed by atoms with E-state index in [-0.39, 0.29) is 6.04 Å². The fourth-order valence-electron chi connectivity index (χ4n) is 4.51. The van der Waals surface area contributed by atoms with Crippen molar-refractivity contribution in [2.24, 2.45) is 0 Å². The molecule has 0 amide bonds. The molecule has 0 saturated carbocycles. The highest BCUT2D eigenvalue weighted by atomic mass is 32.1. The number of aromatic nitrogens is 2. The highest BCUT2D eigenvalue weighted by molar-refractivity contribution is 7.80. The summed E-state index contributed by atoms with van der Waals surface area (Å²) in [6.07, 6.45) is 0. The van der Waals surface area contributed by atoms with Crippen LogP contribution < -0.4 is 15.0 Å². The molecule has 1 atom stereocenters. The van der Waals surface area contributed by atoms with Gasteiger partial charge < -0.3 is 14.6 Å². The molecule has 1 aromatic heterocycles. The summed E-state index contributed by atoms with van der Waals surface area (Å²) >= 11 is 5.86. The molecule has 0 radical (unpaired) electrons. The first-order valence-electron chi connectivity index (χ1n) is 12.0. The van der Waals surface area contributed by atoms with Crippen LogP contribution in [0.5, 0.6) is 5.75 Å². The lowest BCUT2D eigenvalue weighted by molar-refractivity contribution is 0.340. The van der Waals surface area contributed by atoms with Gasteiger partial charge in [-0.3, -0.25) is 4.90 Å². The lowest BCUT2D eigenvalue weighted by atomic mass is 9.94. The summed E-state index contributed by atoms with van der Waals surface area (Å²) in [7, 11) is 0. The van der Waals surface area contributed by atoms with E-state index in [2.05, 4.69) is 29.5 Å². The number of thiocarbonyl (C=S) groups is 1. The van der Waals surface area contributed by atoms with E-state index in [1.807, 2.05) is 86.3 Å². The van der Waals surface area contributed by atoms with Crippen LogP contribution in [-0.4, -0.2) is 21.9 Å². The minimum atomic E-state index is -0.264. The van der Waals surface area contributed by atoms with Crippen LogP contribution >= 0.6 is 12.2 Å². The Morgan fingerprint density at radius 3 is 2.39 bits per heavy atom. The largest absolute Gasteiger partial charge is 0.494 e. The van der Waals surface area contributed by atoms with Gasteiger partial charge in [0.25, 0.3) is 5.89 Å². The fraction of sp³-hybridized carbons (Fsp3) is 0.207. The number of allylic oxidation sites excluding steroid dienone is 1. The number of anilines is 1. The number of aryl methyl sites for hydroxylation is 2. The standard InChI is InChI=1S/C29H28N4O2S/c1-5-34-24-14-12-21(13-15-24)26-25(28-31-27(32-35-28)22-10-6-8-18(2)16-22)20(4)33(29(36)30-26)23-11-7-9-19(3)17-23/h6-17,26H,5H2,1-4H3,(H,30,36). The number of hydrogen-bond acceptors (Lipinski definition) is 5. The molecule has 1 aliphatic heterocycles. The van der Waals surface area contributed by atoms with Crippen LogP contribution in [0.3, 0.4) is 0 Å². The second kappa shape index (κ2) is 9.95. The van der Waals surface area contributed by atoms with Crippen LogP contribution in [0.1, 0.15) is 42.5 Å². The Morgan fingerprint density at radius 1 is 0.972 bits per heavy atom. The van der Waals surface area contributed by atoms with Crippen LogP contribution in [0.2, 0.25) is 0 Å². The predicted molar refractivity (Wildman–Crippen MR) is 147 cm³/mol. The molecule has 1 unspecified atom stereocenters. The maximum absolute atomic E-state index is 5.87. The molecule has 7 heteroatoms. The van der Waals surface area contributed by atoms with Gasteiger partial charge in [0.05, 0.1) is 18.2 Å². The van der Waals surface area contributed by atoms with Gasteiger partial charge in [0.15, 0.2) is 5.11 Å². The summed E-state index contributed by atoms with van der Waals surface area (Å²) in [5, 5.41) is 8.45. The minimum Gasteiger partial charge on any atom is -0.494 e. The number of rotatable bonds is 6. The second-order valence-electron chi connectivity index (χ2n) is 8.85. The van der Waals surface area contributed by atoms with Crippen molar-refractivity contribution >= 4 is 28.6 Å². The molecule has 36 heavy (non-hydrogen) atoms. The SMILES string of the molecule is CCOc1ccc(C2NC(=S)N(c3cccc(C)c3)C(C)=C2c2nc(-c3cccc(C)c3)no2)cc1. The third kappa shape index (κ3) is 4.62. The highest BCUT2D eigenvalue weighted by Crippen LogP contribution is 2.39. The van der Waals surface area contributed by atoms with E-state index >= 15 is 0 Å². The summed E-state index contributed by atoms with van der Waals surface area (Å²) in [5.41, 5.74) is 7.01. The molecular formula is C29H28N4O2S. The lowest BCUT2D eigenvalue weighted by Crippen LogP contribution is -2.46. The summed E-state index contributed by atoms with van der Waals surface area (Å²) < 4.78 is 11.5. The van der Waals surface area contributed by atoms with Crippen LogP contribution in [-0.2, 0) is 0 Å². The molecular weight excluding hydrogens is 468 g/mol. The van der Waals surface area contributed by atoms with Crippen LogP contribution in [0, 0.1) is 13.8 Å². The highest BCUT2D eigenvalue weighted by Gasteiger charge is 2.34. The number of benzene rings is 3. The predicted octanol–water partition coefficient (Wildman–Crippen LogP) is 6.62. The Kier molecular flexibility index (Phi) is 6.57.